The number of carbonyl (C=O) groups is 2. The Balaban J connectivity index is 1.33. The van der Waals surface area contributed by atoms with Gasteiger partial charge in [-0.3, -0.25) is 14.5 Å². The van der Waals surface area contributed by atoms with Crippen LogP contribution in [-0.2, 0) is 17.9 Å². The Morgan fingerprint density at radius 1 is 1.00 bits per heavy atom. The molecule has 2 fully saturated rings. The lowest BCUT2D eigenvalue weighted by molar-refractivity contribution is -0.126. The first-order valence-corrected chi connectivity index (χ1v) is 11.5. The van der Waals surface area contributed by atoms with Gasteiger partial charge in [0.1, 0.15) is 0 Å². The third-order valence-electron chi connectivity index (χ3n) is 5.98. The number of piperidine rings is 1. The first kappa shape index (κ1) is 20.1. The highest BCUT2D eigenvalue weighted by atomic mass is 32.1. The van der Waals surface area contributed by atoms with Crippen LogP contribution in [0.15, 0.2) is 41.8 Å². The van der Waals surface area contributed by atoms with Gasteiger partial charge in [-0.05, 0) is 61.3 Å². The first-order valence-electron chi connectivity index (χ1n) is 10.6. The monoisotopic (exact) mass is 411 g/mol. The predicted octanol–water partition coefficient (Wildman–Crippen LogP) is 3.51. The highest BCUT2D eigenvalue weighted by Crippen LogP contribution is 2.21. The van der Waals surface area contributed by atoms with Gasteiger partial charge in [0, 0.05) is 26.2 Å². The fourth-order valence-electron chi connectivity index (χ4n) is 4.32. The summed E-state index contributed by atoms with van der Waals surface area (Å²) in [5.41, 5.74) is 2.49. The second-order valence-corrected chi connectivity index (χ2v) is 8.99. The second-order valence-electron chi connectivity index (χ2n) is 8.04. The molecule has 154 valence electrons. The summed E-state index contributed by atoms with van der Waals surface area (Å²) in [5.74, 6) is -0.0171. The van der Waals surface area contributed by atoms with Crippen molar-refractivity contribution in [1.29, 1.82) is 0 Å². The summed E-state index contributed by atoms with van der Waals surface area (Å²) in [5, 5.41) is 5.05. The van der Waals surface area contributed by atoms with E-state index in [1.54, 1.807) is 0 Å². The van der Waals surface area contributed by atoms with E-state index in [0.29, 0.717) is 13.1 Å². The molecule has 0 bridgehead atoms. The average molecular weight is 412 g/mol. The van der Waals surface area contributed by atoms with Crippen LogP contribution >= 0.6 is 11.3 Å². The number of hydrogen-bond acceptors (Lipinski definition) is 4. The highest BCUT2D eigenvalue weighted by Gasteiger charge is 2.29. The minimum Gasteiger partial charge on any atom is -0.352 e. The third kappa shape index (κ3) is 5.06. The maximum Gasteiger partial charge on any atom is 0.263 e. The minimum absolute atomic E-state index is 0.0495. The lowest BCUT2D eigenvalue weighted by Crippen LogP contribution is -2.45. The molecule has 5 nitrogen and oxygen atoms in total. The zero-order chi connectivity index (χ0) is 20.1. The Morgan fingerprint density at radius 2 is 1.79 bits per heavy atom. The zero-order valence-electron chi connectivity index (χ0n) is 16.8. The summed E-state index contributed by atoms with van der Waals surface area (Å²) < 4.78 is 0. The second kappa shape index (κ2) is 9.55. The van der Waals surface area contributed by atoms with Crippen LogP contribution < -0.4 is 5.32 Å². The van der Waals surface area contributed by atoms with Gasteiger partial charge in [0.15, 0.2) is 0 Å². The van der Waals surface area contributed by atoms with Crippen LogP contribution in [0.1, 0.15) is 46.5 Å². The van der Waals surface area contributed by atoms with Crippen molar-refractivity contribution in [2.45, 2.75) is 38.8 Å². The summed E-state index contributed by atoms with van der Waals surface area (Å²) in [6.45, 7) is 5.09. The number of benzene rings is 1. The van der Waals surface area contributed by atoms with Crippen LogP contribution in [0.3, 0.4) is 0 Å². The van der Waals surface area contributed by atoms with Gasteiger partial charge >= 0.3 is 0 Å². The molecule has 0 aliphatic carbocycles. The van der Waals surface area contributed by atoms with Gasteiger partial charge in [0.2, 0.25) is 5.91 Å². The summed E-state index contributed by atoms with van der Waals surface area (Å²) >= 11 is 1.46. The third-order valence-corrected chi connectivity index (χ3v) is 6.83. The standard InChI is InChI=1S/C23H29N3O2S/c27-22(20-9-5-13-26(17-20)23(28)21-10-6-14-29-21)24-15-18-7-1-2-8-19(18)16-25-11-3-4-12-25/h1-2,6-8,10,14,20H,3-5,9,11-13,15-17H2,(H,24,27). The van der Waals surface area contributed by atoms with E-state index in [-0.39, 0.29) is 17.7 Å². The van der Waals surface area contributed by atoms with Gasteiger partial charge in [-0.25, -0.2) is 0 Å². The molecule has 1 atom stereocenters. The summed E-state index contributed by atoms with van der Waals surface area (Å²) in [7, 11) is 0. The molecule has 2 aliphatic heterocycles. The van der Waals surface area contributed by atoms with Crippen molar-refractivity contribution in [1.82, 2.24) is 15.1 Å². The fraction of sp³-hybridized carbons (Fsp3) is 0.478. The van der Waals surface area contributed by atoms with E-state index in [9.17, 15) is 9.59 Å². The maximum atomic E-state index is 12.8. The zero-order valence-corrected chi connectivity index (χ0v) is 17.6. The SMILES string of the molecule is O=C(NCc1ccccc1CN1CCCC1)C1CCCN(C(=O)c2cccs2)C1. The number of thiophene rings is 1. The molecule has 6 heteroatoms. The molecular weight excluding hydrogens is 382 g/mol. The topological polar surface area (TPSA) is 52.7 Å². The molecule has 29 heavy (non-hydrogen) atoms. The van der Waals surface area contributed by atoms with Crippen molar-refractivity contribution in [2.24, 2.45) is 5.92 Å². The molecule has 1 unspecified atom stereocenters. The van der Waals surface area contributed by atoms with E-state index in [0.717, 1.165) is 43.9 Å². The lowest BCUT2D eigenvalue weighted by Gasteiger charge is -2.31. The van der Waals surface area contributed by atoms with Gasteiger partial charge in [0.25, 0.3) is 5.91 Å². The minimum atomic E-state index is -0.126. The number of nitrogens with one attached hydrogen (secondary N) is 1. The Labute approximate surface area is 176 Å². The van der Waals surface area contributed by atoms with Crippen LogP contribution in [0.5, 0.6) is 0 Å². The Morgan fingerprint density at radius 3 is 2.55 bits per heavy atom. The Hall–Kier alpha value is -2.18. The quantitative estimate of drug-likeness (QED) is 0.791. The molecule has 2 amide bonds. The van der Waals surface area contributed by atoms with Gasteiger partial charge in [-0.15, -0.1) is 11.3 Å². The van der Waals surface area contributed by atoms with Crippen molar-refractivity contribution in [3.63, 3.8) is 0 Å². The van der Waals surface area contributed by atoms with Gasteiger partial charge in [-0.2, -0.15) is 0 Å². The summed E-state index contributed by atoms with van der Waals surface area (Å²) in [6, 6.07) is 12.1. The summed E-state index contributed by atoms with van der Waals surface area (Å²) in [6.07, 6.45) is 4.28. The summed E-state index contributed by atoms with van der Waals surface area (Å²) in [4.78, 5) is 30.5. The van der Waals surface area contributed by atoms with E-state index in [4.69, 9.17) is 0 Å². The van der Waals surface area contributed by atoms with Gasteiger partial charge in [0.05, 0.1) is 10.8 Å². The normalized spacial score (nSPS) is 20.0. The molecule has 2 saturated heterocycles. The lowest BCUT2D eigenvalue weighted by atomic mass is 9.96. The van der Waals surface area contributed by atoms with Crippen molar-refractivity contribution < 1.29 is 9.59 Å². The molecule has 4 rings (SSSR count). The van der Waals surface area contributed by atoms with Crippen molar-refractivity contribution in [3.05, 3.63) is 57.8 Å². The molecule has 2 aliphatic rings. The van der Waals surface area contributed by atoms with E-state index in [2.05, 4.69) is 28.4 Å². The Kier molecular flexibility index (Phi) is 6.62. The predicted molar refractivity (Wildman–Crippen MR) is 116 cm³/mol. The number of rotatable bonds is 6. The molecule has 0 spiro atoms. The molecular formula is C23H29N3O2S. The van der Waals surface area contributed by atoms with Crippen molar-refractivity contribution in [2.75, 3.05) is 26.2 Å². The number of carbonyl (C=O) groups excluding carboxylic acids is 2. The van der Waals surface area contributed by atoms with Crippen LogP contribution in [-0.4, -0.2) is 47.8 Å². The fourth-order valence-corrected chi connectivity index (χ4v) is 5.02. The van der Waals surface area contributed by atoms with E-state index < -0.39 is 0 Å². The van der Waals surface area contributed by atoms with Crippen LogP contribution in [0, 0.1) is 5.92 Å². The molecule has 3 heterocycles. The Bertz CT molecular complexity index is 830. The van der Waals surface area contributed by atoms with E-state index >= 15 is 0 Å². The molecule has 0 radical (unpaired) electrons. The largest absolute Gasteiger partial charge is 0.352 e. The van der Waals surface area contributed by atoms with Crippen LogP contribution in [0.2, 0.25) is 0 Å². The van der Waals surface area contributed by atoms with Crippen molar-refractivity contribution >= 4 is 23.2 Å². The maximum absolute atomic E-state index is 12.8. The smallest absolute Gasteiger partial charge is 0.263 e. The molecule has 0 saturated carbocycles. The van der Waals surface area contributed by atoms with Crippen molar-refractivity contribution in [3.8, 4) is 0 Å². The molecule has 1 N–H and O–H groups in total. The van der Waals surface area contributed by atoms with Gasteiger partial charge in [-0.1, -0.05) is 30.3 Å². The number of likely N-dealkylation sites (tertiary alicyclic amines) is 2. The van der Waals surface area contributed by atoms with E-state index in [1.807, 2.05) is 28.5 Å². The molecule has 2 aromatic rings. The first-order chi connectivity index (χ1) is 14.2. The van der Waals surface area contributed by atoms with Crippen LogP contribution in [0.4, 0.5) is 0 Å². The molecule has 1 aromatic carbocycles. The average Bonchev–Trinajstić information content (AvgIpc) is 3.47. The van der Waals surface area contributed by atoms with Gasteiger partial charge < -0.3 is 10.2 Å². The number of amides is 2. The highest BCUT2D eigenvalue weighted by molar-refractivity contribution is 7.12. The number of nitrogens with zero attached hydrogens (tertiary/aromatic N) is 2. The molecule has 1 aromatic heterocycles. The van der Waals surface area contributed by atoms with E-state index in [1.165, 1.54) is 35.3 Å². The van der Waals surface area contributed by atoms with Crippen LogP contribution in [0.25, 0.3) is 0 Å². The number of hydrogen-bond donors (Lipinski definition) is 1.